The van der Waals surface area contributed by atoms with Gasteiger partial charge >= 0.3 is 0 Å². The third-order valence-electron chi connectivity index (χ3n) is 5.53. The maximum atomic E-state index is 11.5. The summed E-state index contributed by atoms with van der Waals surface area (Å²) in [4.78, 5) is 25.7. The number of aromatic nitrogens is 3. The van der Waals surface area contributed by atoms with Crippen LogP contribution in [0.1, 0.15) is 21.6 Å². The van der Waals surface area contributed by atoms with Gasteiger partial charge in [-0.1, -0.05) is 24.3 Å². The lowest BCUT2D eigenvalue weighted by Crippen LogP contribution is -2.31. The van der Waals surface area contributed by atoms with Crippen LogP contribution in [0.25, 0.3) is 22.0 Å². The molecule has 8 nitrogen and oxygen atoms in total. The number of hydroxylamine groups is 1. The molecule has 1 aliphatic rings. The highest BCUT2D eigenvalue weighted by Gasteiger charge is 2.23. The van der Waals surface area contributed by atoms with Gasteiger partial charge in [-0.2, -0.15) is 0 Å². The molecule has 0 fully saturated rings. The van der Waals surface area contributed by atoms with Gasteiger partial charge in [0.25, 0.3) is 5.91 Å². The monoisotopic (exact) mass is 400 g/mol. The van der Waals surface area contributed by atoms with Crippen molar-refractivity contribution in [3.05, 3.63) is 71.7 Å². The Hall–Kier alpha value is -3.91. The number of rotatable bonds is 3. The molecule has 3 heterocycles. The van der Waals surface area contributed by atoms with Gasteiger partial charge in [0.15, 0.2) is 0 Å². The van der Waals surface area contributed by atoms with E-state index in [1.54, 1.807) is 5.48 Å². The molecule has 4 aromatic rings. The first-order valence-corrected chi connectivity index (χ1v) is 9.64. The molecule has 0 spiro atoms. The van der Waals surface area contributed by atoms with Crippen LogP contribution in [0, 0.1) is 0 Å². The lowest BCUT2D eigenvalue weighted by atomic mass is 9.99. The molecule has 0 aliphatic carbocycles. The van der Waals surface area contributed by atoms with E-state index < -0.39 is 5.91 Å². The zero-order chi connectivity index (χ0) is 20.7. The predicted molar refractivity (Wildman–Crippen MR) is 114 cm³/mol. The van der Waals surface area contributed by atoms with Gasteiger partial charge in [0.05, 0.1) is 5.56 Å². The maximum absolute atomic E-state index is 11.5. The molecule has 30 heavy (non-hydrogen) atoms. The van der Waals surface area contributed by atoms with E-state index in [9.17, 15) is 4.79 Å². The number of amides is 1. The van der Waals surface area contributed by atoms with Gasteiger partial charge < -0.3 is 15.6 Å². The standard InChI is InChI=1S/C22H20N6O2/c23-18-4-2-1-3-15(18)13-5-6-19-16(9-13)17-12-28(8-7-20(17)26-19)22-24-10-14(11-25-22)21(29)27-30/h1-6,9-11,26,30H,7-8,12,23H2,(H,27,29). The minimum Gasteiger partial charge on any atom is -0.398 e. The van der Waals surface area contributed by atoms with Crippen molar-refractivity contribution >= 4 is 28.4 Å². The number of para-hydroxylation sites is 1. The van der Waals surface area contributed by atoms with Gasteiger partial charge in [0, 0.05) is 65.3 Å². The summed E-state index contributed by atoms with van der Waals surface area (Å²) in [5, 5.41) is 9.90. The molecule has 0 unspecified atom stereocenters. The topological polar surface area (TPSA) is 120 Å². The molecule has 1 aliphatic heterocycles. The first kappa shape index (κ1) is 18.1. The summed E-state index contributed by atoms with van der Waals surface area (Å²) in [6.07, 6.45) is 3.67. The van der Waals surface area contributed by atoms with Crippen LogP contribution in [0.3, 0.4) is 0 Å². The number of aromatic amines is 1. The Morgan fingerprint density at radius 3 is 2.73 bits per heavy atom. The molecule has 2 aromatic heterocycles. The average Bonchev–Trinajstić information content (AvgIpc) is 3.16. The molecule has 1 amide bonds. The summed E-state index contributed by atoms with van der Waals surface area (Å²) in [6, 6.07) is 14.2. The molecule has 2 aromatic carbocycles. The fraction of sp³-hybridized carbons (Fsp3) is 0.136. The van der Waals surface area contributed by atoms with Crippen molar-refractivity contribution in [1.29, 1.82) is 0 Å². The largest absolute Gasteiger partial charge is 0.398 e. The number of hydrogen-bond acceptors (Lipinski definition) is 6. The van der Waals surface area contributed by atoms with Crippen molar-refractivity contribution in [3.8, 4) is 11.1 Å². The fourth-order valence-electron chi connectivity index (χ4n) is 3.98. The Kier molecular flexibility index (Phi) is 4.33. The van der Waals surface area contributed by atoms with E-state index in [4.69, 9.17) is 10.9 Å². The molecule has 8 heteroatoms. The number of nitrogens with two attached hydrogens (primary N) is 1. The number of nitrogens with one attached hydrogen (secondary N) is 2. The number of anilines is 2. The number of H-pyrrole nitrogens is 1. The number of benzene rings is 2. The predicted octanol–water partition coefficient (Wildman–Crippen LogP) is 2.89. The van der Waals surface area contributed by atoms with Gasteiger partial charge in [-0.05, 0) is 23.8 Å². The highest BCUT2D eigenvalue weighted by molar-refractivity contribution is 5.93. The Bertz CT molecular complexity index is 1250. The maximum Gasteiger partial charge on any atom is 0.277 e. The smallest absolute Gasteiger partial charge is 0.277 e. The summed E-state index contributed by atoms with van der Waals surface area (Å²) < 4.78 is 0. The number of nitrogens with zero attached hydrogens (tertiary/aromatic N) is 3. The molecule has 0 saturated heterocycles. The first-order valence-electron chi connectivity index (χ1n) is 9.64. The van der Waals surface area contributed by atoms with E-state index in [2.05, 4.69) is 38.1 Å². The number of hydrogen-bond donors (Lipinski definition) is 4. The zero-order valence-electron chi connectivity index (χ0n) is 16.1. The lowest BCUT2D eigenvalue weighted by molar-refractivity contribution is 0.0705. The summed E-state index contributed by atoms with van der Waals surface area (Å²) in [6.45, 7) is 1.43. The number of carbonyl (C=O) groups excluding carboxylic acids is 1. The Morgan fingerprint density at radius 2 is 1.97 bits per heavy atom. The van der Waals surface area contributed by atoms with E-state index in [0.717, 1.165) is 40.7 Å². The van der Waals surface area contributed by atoms with Crippen LogP contribution in [-0.2, 0) is 13.0 Å². The molecule has 150 valence electrons. The number of carbonyl (C=O) groups is 1. The molecule has 0 saturated carbocycles. The second-order valence-electron chi connectivity index (χ2n) is 7.31. The van der Waals surface area contributed by atoms with E-state index in [0.29, 0.717) is 12.5 Å². The van der Waals surface area contributed by atoms with Crippen molar-refractivity contribution in [1.82, 2.24) is 20.4 Å². The van der Waals surface area contributed by atoms with Crippen molar-refractivity contribution in [2.45, 2.75) is 13.0 Å². The van der Waals surface area contributed by atoms with Crippen LogP contribution < -0.4 is 16.1 Å². The van der Waals surface area contributed by atoms with Gasteiger partial charge in [-0.15, -0.1) is 0 Å². The van der Waals surface area contributed by atoms with E-state index in [-0.39, 0.29) is 5.56 Å². The van der Waals surface area contributed by atoms with E-state index in [1.807, 2.05) is 24.3 Å². The van der Waals surface area contributed by atoms with Crippen LogP contribution in [0.5, 0.6) is 0 Å². The van der Waals surface area contributed by atoms with Gasteiger partial charge in [0.1, 0.15) is 0 Å². The lowest BCUT2D eigenvalue weighted by Gasteiger charge is -2.27. The summed E-state index contributed by atoms with van der Waals surface area (Å²) in [5.74, 6) is -0.0835. The quantitative estimate of drug-likeness (QED) is 0.238. The average molecular weight is 400 g/mol. The Balaban J connectivity index is 1.49. The second-order valence-corrected chi connectivity index (χ2v) is 7.31. The van der Waals surface area contributed by atoms with Gasteiger partial charge in [0.2, 0.25) is 5.95 Å². The zero-order valence-corrected chi connectivity index (χ0v) is 16.1. The minimum atomic E-state index is -0.633. The highest BCUT2D eigenvalue weighted by Crippen LogP contribution is 2.33. The Morgan fingerprint density at radius 1 is 1.17 bits per heavy atom. The molecule has 0 radical (unpaired) electrons. The van der Waals surface area contributed by atoms with E-state index in [1.165, 1.54) is 23.7 Å². The Labute approximate surface area is 172 Å². The minimum absolute atomic E-state index is 0.205. The highest BCUT2D eigenvalue weighted by atomic mass is 16.5. The molecule has 0 atom stereocenters. The van der Waals surface area contributed by atoms with Crippen molar-refractivity contribution < 1.29 is 10.0 Å². The van der Waals surface area contributed by atoms with Crippen LogP contribution in [-0.4, -0.2) is 32.6 Å². The number of nitrogen functional groups attached to an aromatic ring is 1. The fourth-order valence-corrected chi connectivity index (χ4v) is 3.98. The molecule has 5 N–H and O–H groups in total. The van der Waals surface area contributed by atoms with Crippen molar-refractivity contribution in [2.24, 2.45) is 0 Å². The molecule has 0 bridgehead atoms. The SMILES string of the molecule is Nc1ccccc1-c1ccc2[nH]c3c(c2c1)CN(c1ncc(C(=O)NO)cn1)CC3. The third kappa shape index (κ3) is 3.03. The summed E-state index contributed by atoms with van der Waals surface area (Å²) in [5.41, 5.74) is 14.3. The normalized spacial score (nSPS) is 13.3. The third-order valence-corrected chi connectivity index (χ3v) is 5.53. The number of fused-ring (bicyclic) bond motifs is 3. The van der Waals surface area contributed by atoms with Crippen molar-refractivity contribution in [3.63, 3.8) is 0 Å². The summed E-state index contributed by atoms with van der Waals surface area (Å²) >= 11 is 0. The van der Waals surface area contributed by atoms with Crippen LogP contribution in [0.15, 0.2) is 54.9 Å². The van der Waals surface area contributed by atoms with Gasteiger partial charge in [-0.3, -0.25) is 10.0 Å². The van der Waals surface area contributed by atoms with Crippen molar-refractivity contribution in [2.75, 3.05) is 17.2 Å². The van der Waals surface area contributed by atoms with E-state index >= 15 is 0 Å². The molecule has 5 rings (SSSR count). The molecular formula is C22H20N6O2. The van der Waals surface area contributed by atoms with Gasteiger partial charge in [-0.25, -0.2) is 15.4 Å². The summed E-state index contributed by atoms with van der Waals surface area (Å²) in [7, 11) is 0. The van der Waals surface area contributed by atoms with Crippen LogP contribution in [0.4, 0.5) is 11.6 Å². The second kappa shape index (κ2) is 7.16. The van der Waals surface area contributed by atoms with Crippen LogP contribution >= 0.6 is 0 Å². The van der Waals surface area contributed by atoms with Crippen LogP contribution in [0.2, 0.25) is 0 Å². The first-order chi connectivity index (χ1) is 14.6. The molecular weight excluding hydrogens is 380 g/mol.